The Labute approximate surface area is 144 Å². The van der Waals surface area contributed by atoms with Crippen LogP contribution >= 0.6 is 12.4 Å². The first-order chi connectivity index (χ1) is 10.4. The maximum Gasteiger partial charge on any atom is 0.220 e. The van der Waals surface area contributed by atoms with E-state index in [9.17, 15) is 13.2 Å². The minimum atomic E-state index is -3.18. The summed E-state index contributed by atoms with van der Waals surface area (Å²) in [6.45, 7) is 3.89. The average molecular weight is 361 g/mol. The van der Waals surface area contributed by atoms with E-state index in [1.165, 1.54) is 6.26 Å². The standard InChI is InChI=1S/C16H24N2O3S.ClH/c1-12(14-3-5-15(6-4-14)22(2,20)21)18-16(19)11-13-7-9-17-10-8-13;/h3-6,12-13,17H,7-11H2,1-2H3,(H,18,19);1H. The van der Waals surface area contributed by atoms with Crippen molar-refractivity contribution >= 4 is 28.2 Å². The van der Waals surface area contributed by atoms with Gasteiger partial charge in [-0.3, -0.25) is 4.79 Å². The molecular formula is C16H25ClN2O3S. The van der Waals surface area contributed by atoms with E-state index in [0.29, 0.717) is 17.2 Å². The molecule has 1 aromatic rings. The van der Waals surface area contributed by atoms with Gasteiger partial charge in [0.15, 0.2) is 9.84 Å². The van der Waals surface area contributed by atoms with Crippen molar-refractivity contribution in [3.05, 3.63) is 29.8 Å². The van der Waals surface area contributed by atoms with Crippen LogP contribution in [0.3, 0.4) is 0 Å². The van der Waals surface area contributed by atoms with Crippen molar-refractivity contribution in [3.63, 3.8) is 0 Å². The highest BCUT2D eigenvalue weighted by Crippen LogP contribution is 2.19. The molecule has 0 aliphatic carbocycles. The monoisotopic (exact) mass is 360 g/mol. The molecule has 23 heavy (non-hydrogen) atoms. The number of carbonyl (C=O) groups excluding carboxylic acids is 1. The van der Waals surface area contributed by atoms with Gasteiger partial charge >= 0.3 is 0 Å². The molecule has 0 saturated carbocycles. The van der Waals surface area contributed by atoms with Gasteiger partial charge in [-0.2, -0.15) is 0 Å². The van der Waals surface area contributed by atoms with Gasteiger partial charge in [-0.1, -0.05) is 12.1 Å². The van der Waals surface area contributed by atoms with Crippen molar-refractivity contribution in [3.8, 4) is 0 Å². The van der Waals surface area contributed by atoms with E-state index < -0.39 is 9.84 Å². The van der Waals surface area contributed by atoms with Gasteiger partial charge in [0, 0.05) is 12.7 Å². The molecular weight excluding hydrogens is 336 g/mol. The molecule has 0 radical (unpaired) electrons. The molecule has 1 aromatic carbocycles. The number of benzene rings is 1. The number of carbonyl (C=O) groups is 1. The Morgan fingerprint density at radius 1 is 1.26 bits per heavy atom. The van der Waals surface area contributed by atoms with Gasteiger partial charge in [0.2, 0.25) is 5.91 Å². The molecule has 1 amide bonds. The van der Waals surface area contributed by atoms with E-state index >= 15 is 0 Å². The number of sulfone groups is 1. The average Bonchev–Trinajstić information content (AvgIpc) is 2.47. The number of piperidine rings is 1. The Morgan fingerprint density at radius 3 is 2.35 bits per heavy atom. The van der Waals surface area contributed by atoms with Crippen LogP contribution in [0.25, 0.3) is 0 Å². The molecule has 1 fully saturated rings. The fourth-order valence-electron chi connectivity index (χ4n) is 2.74. The molecule has 1 unspecified atom stereocenters. The zero-order valence-electron chi connectivity index (χ0n) is 13.5. The van der Waals surface area contributed by atoms with E-state index in [2.05, 4.69) is 10.6 Å². The summed E-state index contributed by atoms with van der Waals surface area (Å²) in [6.07, 6.45) is 3.84. The molecule has 1 aliphatic heterocycles. The quantitative estimate of drug-likeness (QED) is 0.843. The van der Waals surface area contributed by atoms with E-state index in [0.717, 1.165) is 31.5 Å². The number of halogens is 1. The topological polar surface area (TPSA) is 75.3 Å². The van der Waals surface area contributed by atoms with Gasteiger partial charge in [-0.05, 0) is 56.5 Å². The number of hydrogen-bond acceptors (Lipinski definition) is 4. The highest BCUT2D eigenvalue weighted by Gasteiger charge is 2.18. The maximum absolute atomic E-state index is 12.1. The lowest BCUT2D eigenvalue weighted by atomic mass is 9.94. The summed E-state index contributed by atoms with van der Waals surface area (Å²) in [5, 5.41) is 6.28. The molecule has 1 atom stereocenters. The van der Waals surface area contributed by atoms with Crippen molar-refractivity contribution in [2.45, 2.75) is 37.1 Å². The van der Waals surface area contributed by atoms with Crippen LogP contribution in [-0.2, 0) is 14.6 Å². The molecule has 2 rings (SSSR count). The van der Waals surface area contributed by atoms with Crippen LogP contribution < -0.4 is 10.6 Å². The molecule has 1 aliphatic rings. The summed E-state index contributed by atoms with van der Waals surface area (Å²) in [5.41, 5.74) is 0.908. The van der Waals surface area contributed by atoms with Crippen molar-refractivity contribution in [2.75, 3.05) is 19.3 Å². The maximum atomic E-state index is 12.1. The predicted molar refractivity (Wildman–Crippen MR) is 93.6 cm³/mol. The van der Waals surface area contributed by atoms with Gasteiger partial charge in [-0.15, -0.1) is 12.4 Å². The largest absolute Gasteiger partial charge is 0.350 e. The van der Waals surface area contributed by atoms with Crippen LogP contribution in [0.2, 0.25) is 0 Å². The van der Waals surface area contributed by atoms with Crippen LogP contribution in [0, 0.1) is 5.92 Å². The molecule has 1 saturated heterocycles. The Kier molecular flexibility index (Phi) is 7.51. The molecule has 5 nitrogen and oxygen atoms in total. The van der Waals surface area contributed by atoms with Crippen LogP contribution in [-0.4, -0.2) is 33.7 Å². The second kappa shape index (κ2) is 8.66. The smallest absolute Gasteiger partial charge is 0.220 e. The van der Waals surface area contributed by atoms with Crippen LogP contribution in [0.4, 0.5) is 0 Å². The van der Waals surface area contributed by atoms with Gasteiger partial charge in [-0.25, -0.2) is 8.42 Å². The first kappa shape index (κ1) is 19.9. The van der Waals surface area contributed by atoms with Crippen molar-refractivity contribution < 1.29 is 13.2 Å². The van der Waals surface area contributed by atoms with Crippen LogP contribution in [0.1, 0.15) is 37.8 Å². The molecule has 7 heteroatoms. The molecule has 2 N–H and O–H groups in total. The van der Waals surface area contributed by atoms with Crippen molar-refractivity contribution in [1.29, 1.82) is 0 Å². The van der Waals surface area contributed by atoms with Crippen LogP contribution in [0.5, 0.6) is 0 Å². The lowest BCUT2D eigenvalue weighted by molar-refractivity contribution is -0.122. The number of amides is 1. The molecule has 130 valence electrons. The predicted octanol–water partition coefficient (Wildman–Crippen LogP) is 2.08. The van der Waals surface area contributed by atoms with E-state index in [1.54, 1.807) is 24.3 Å². The van der Waals surface area contributed by atoms with Gasteiger partial charge in [0.25, 0.3) is 0 Å². The molecule has 1 heterocycles. The molecule has 0 spiro atoms. The minimum Gasteiger partial charge on any atom is -0.350 e. The summed E-state index contributed by atoms with van der Waals surface area (Å²) in [4.78, 5) is 12.4. The van der Waals surface area contributed by atoms with Gasteiger partial charge < -0.3 is 10.6 Å². The second-order valence-corrected chi connectivity index (χ2v) is 8.04. The lowest BCUT2D eigenvalue weighted by Crippen LogP contribution is -2.33. The Bertz CT molecular complexity index is 611. The third-order valence-corrected chi connectivity index (χ3v) is 5.25. The lowest BCUT2D eigenvalue weighted by Gasteiger charge is -2.23. The minimum absolute atomic E-state index is 0. The first-order valence-electron chi connectivity index (χ1n) is 7.66. The van der Waals surface area contributed by atoms with Crippen molar-refractivity contribution in [2.24, 2.45) is 5.92 Å². The highest BCUT2D eigenvalue weighted by molar-refractivity contribution is 7.90. The molecule has 0 bridgehead atoms. The zero-order chi connectivity index (χ0) is 16.2. The molecule has 0 aromatic heterocycles. The summed E-state index contributed by atoms with van der Waals surface area (Å²) in [6, 6.07) is 6.56. The highest BCUT2D eigenvalue weighted by atomic mass is 35.5. The van der Waals surface area contributed by atoms with E-state index in [-0.39, 0.29) is 24.4 Å². The Morgan fingerprint density at radius 2 is 1.83 bits per heavy atom. The number of hydrogen-bond donors (Lipinski definition) is 2. The summed E-state index contributed by atoms with van der Waals surface area (Å²) in [5.74, 6) is 0.521. The zero-order valence-corrected chi connectivity index (χ0v) is 15.2. The number of rotatable bonds is 5. The third-order valence-electron chi connectivity index (χ3n) is 4.12. The van der Waals surface area contributed by atoms with Gasteiger partial charge in [0.05, 0.1) is 10.9 Å². The SMILES string of the molecule is CC(NC(=O)CC1CCNCC1)c1ccc(S(C)(=O)=O)cc1.Cl. The van der Waals surface area contributed by atoms with Crippen molar-refractivity contribution in [1.82, 2.24) is 10.6 Å². The van der Waals surface area contributed by atoms with Gasteiger partial charge in [0.1, 0.15) is 0 Å². The third kappa shape index (κ3) is 6.12. The summed E-state index contributed by atoms with van der Waals surface area (Å²) in [7, 11) is -3.18. The van der Waals surface area contributed by atoms with Crippen LogP contribution in [0.15, 0.2) is 29.2 Å². The fraction of sp³-hybridized carbons (Fsp3) is 0.562. The second-order valence-electron chi connectivity index (χ2n) is 6.03. The number of nitrogens with one attached hydrogen (secondary N) is 2. The van der Waals surface area contributed by atoms with E-state index in [4.69, 9.17) is 0 Å². The Balaban J connectivity index is 0.00000264. The summed E-state index contributed by atoms with van der Waals surface area (Å²) >= 11 is 0. The summed E-state index contributed by atoms with van der Waals surface area (Å²) < 4.78 is 22.9. The normalized spacial score (nSPS) is 17.1. The fourth-order valence-corrected chi connectivity index (χ4v) is 3.37. The first-order valence-corrected chi connectivity index (χ1v) is 9.55. The van der Waals surface area contributed by atoms with E-state index in [1.807, 2.05) is 6.92 Å². The Hall–Kier alpha value is -1.11.